The smallest absolute Gasteiger partial charge is 0.337 e. The number of hydrogen-bond donors (Lipinski definition) is 1. The summed E-state index contributed by atoms with van der Waals surface area (Å²) in [6, 6.07) is 3.59. The predicted molar refractivity (Wildman–Crippen MR) is 135 cm³/mol. The topological polar surface area (TPSA) is 102 Å². The first-order valence-electron chi connectivity index (χ1n) is 12.3. The maximum atomic E-state index is 12.3. The van der Waals surface area contributed by atoms with E-state index in [1.54, 1.807) is 25.4 Å². The van der Waals surface area contributed by atoms with Crippen molar-refractivity contribution in [1.29, 1.82) is 0 Å². The molecule has 190 valence electrons. The highest BCUT2D eigenvalue weighted by Crippen LogP contribution is 2.42. The summed E-state index contributed by atoms with van der Waals surface area (Å²) < 4.78 is 11.4. The fourth-order valence-corrected chi connectivity index (χ4v) is 4.20. The maximum Gasteiger partial charge on any atom is 0.337 e. The fraction of sp³-hybridized carbons (Fsp3) is 0.556. The number of nitrogens with zero attached hydrogens (tertiary/aromatic N) is 3. The quantitative estimate of drug-likeness (QED) is 0.504. The average Bonchev–Trinajstić information content (AvgIpc) is 2.81. The van der Waals surface area contributed by atoms with Crippen LogP contribution in [-0.4, -0.2) is 52.6 Å². The lowest BCUT2D eigenvalue weighted by Crippen LogP contribution is -2.39. The molecule has 3 rings (SSSR count). The molecule has 1 aliphatic rings. The average molecular weight is 484 g/mol. The molecule has 2 aromatic heterocycles. The molecule has 1 atom stereocenters. The third-order valence-electron chi connectivity index (χ3n) is 6.42. The first-order valence-corrected chi connectivity index (χ1v) is 12.3. The van der Waals surface area contributed by atoms with Crippen LogP contribution in [0.2, 0.25) is 0 Å². The van der Waals surface area contributed by atoms with Gasteiger partial charge < -0.3 is 19.5 Å². The van der Waals surface area contributed by atoms with Gasteiger partial charge >= 0.3 is 5.97 Å². The van der Waals surface area contributed by atoms with Gasteiger partial charge in [-0.25, -0.2) is 4.79 Å². The lowest BCUT2D eigenvalue weighted by Gasteiger charge is -2.40. The molecule has 0 radical (unpaired) electrons. The summed E-state index contributed by atoms with van der Waals surface area (Å²) in [5.41, 5.74) is 3.64. The number of ether oxygens (including phenoxy) is 2. The first-order chi connectivity index (χ1) is 16.5. The van der Waals surface area contributed by atoms with Crippen LogP contribution in [0.4, 0.5) is 5.69 Å². The molecule has 8 nitrogen and oxygen atoms in total. The van der Waals surface area contributed by atoms with E-state index in [4.69, 9.17) is 9.47 Å². The Morgan fingerprint density at radius 3 is 2.37 bits per heavy atom. The summed E-state index contributed by atoms with van der Waals surface area (Å²) in [7, 11) is 0. The molecule has 8 heteroatoms. The molecule has 1 aliphatic heterocycles. The van der Waals surface area contributed by atoms with E-state index in [0.717, 1.165) is 37.2 Å². The largest absolute Gasteiger partial charge is 0.484 e. The summed E-state index contributed by atoms with van der Waals surface area (Å²) in [6.07, 6.45) is 4.32. The van der Waals surface area contributed by atoms with E-state index < -0.39 is 12.1 Å². The number of carbonyl (C=O) groups is 2. The van der Waals surface area contributed by atoms with E-state index in [9.17, 15) is 14.7 Å². The Hall–Kier alpha value is -3.00. The lowest BCUT2D eigenvalue weighted by atomic mass is 9.82. The molecule has 1 saturated heterocycles. The zero-order valence-electron chi connectivity index (χ0n) is 21.6. The van der Waals surface area contributed by atoms with Crippen LogP contribution in [0.3, 0.4) is 0 Å². The van der Waals surface area contributed by atoms with Crippen molar-refractivity contribution >= 4 is 17.4 Å². The van der Waals surface area contributed by atoms with Crippen molar-refractivity contribution in [1.82, 2.24) is 9.97 Å². The zero-order chi connectivity index (χ0) is 25.8. The number of hydrogen-bond acceptors (Lipinski definition) is 7. The van der Waals surface area contributed by atoms with Gasteiger partial charge in [0.25, 0.3) is 0 Å². The molecule has 0 unspecified atom stereocenters. The molecule has 1 fully saturated rings. The third-order valence-corrected chi connectivity index (χ3v) is 6.42. The maximum absolute atomic E-state index is 12.3. The number of rotatable bonds is 10. The Balaban J connectivity index is 2.09. The number of anilines is 1. The Kier molecular flexibility index (Phi) is 8.48. The number of Topliss-reactive ketones (excluding diaryl/α,β-unsaturated/α-hetero) is 1. The van der Waals surface area contributed by atoms with Gasteiger partial charge in [0.15, 0.2) is 11.9 Å². The van der Waals surface area contributed by atoms with E-state index in [1.165, 1.54) is 0 Å². The molecule has 0 saturated carbocycles. The Morgan fingerprint density at radius 1 is 1.14 bits per heavy atom. The second kappa shape index (κ2) is 11.2. The molecule has 0 amide bonds. The lowest BCUT2D eigenvalue weighted by molar-refractivity contribution is -0.153. The van der Waals surface area contributed by atoms with E-state index >= 15 is 0 Å². The minimum absolute atomic E-state index is 0.00933. The highest BCUT2D eigenvalue weighted by atomic mass is 16.5. The number of pyridine rings is 2. The number of carboxylic acid groups (broad SMARTS) is 1. The van der Waals surface area contributed by atoms with Gasteiger partial charge in [-0.15, -0.1) is 0 Å². The standard InChI is InChI=1S/C27H37N3O5/c1-7-19(31)16-34-20-8-9-22(29-14-20)21-15-28-18(4)23(25(26(32)33)35-17(2)3)24(21)30-12-10-27(5,6)11-13-30/h8-9,14-15,17,25H,7,10-13,16H2,1-6H3,(H,32,33)/t25-/m0/s1. The minimum atomic E-state index is -1.14. The van der Waals surface area contributed by atoms with Crippen molar-refractivity contribution in [2.24, 2.45) is 5.41 Å². The normalized spacial score (nSPS) is 16.3. The van der Waals surface area contributed by atoms with Crippen LogP contribution in [0.15, 0.2) is 24.5 Å². The van der Waals surface area contributed by atoms with Crippen molar-refractivity contribution in [2.75, 3.05) is 24.6 Å². The Labute approximate surface area is 207 Å². The van der Waals surface area contributed by atoms with Gasteiger partial charge in [0.2, 0.25) is 0 Å². The number of aryl methyl sites for hydroxylation is 1. The van der Waals surface area contributed by atoms with E-state index in [0.29, 0.717) is 29.1 Å². The Bertz CT molecular complexity index is 1040. The summed E-state index contributed by atoms with van der Waals surface area (Å²) in [4.78, 5) is 35.3. The predicted octanol–water partition coefficient (Wildman–Crippen LogP) is 4.99. The molecule has 0 spiro atoms. The van der Waals surface area contributed by atoms with Gasteiger partial charge in [-0.2, -0.15) is 0 Å². The highest BCUT2D eigenvalue weighted by molar-refractivity contribution is 5.85. The fourth-order valence-electron chi connectivity index (χ4n) is 4.20. The van der Waals surface area contributed by atoms with Crippen LogP contribution in [0.25, 0.3) is 11.3 Å². The summed E-state index contributed by atoms with van der Waals surface area (Å²) in [5.74, 6) is -0.526. The molecule has 3 heterocycles. The van der Waals surface area contributed by atoms with Crippen molar-refractivity contribution in [3.05, 3.63) is 35.8 Å². The number of piperidine rings is 1. The summed E-state index contributed by atoms with van der Waals surface area (Å²) >= 11 is 0. The van der Waals surface area contributed by atoms with Crippen molar-refractivity contribution in [3.8, 4) is 17.0 Å². The third kappa shape index (κ3) is 6.57. The van der Waals surface area contributed by atoms with E-state index in [2.05, 4.69) is 28.7 Å². The molecule has 0 aromatic carbocycles. The van der Waals surface area contributed by atoms with Crippen LogP contribution in [0, 0.1) is 12.3 Å². The van der Waals surface area contributed by atoms with Gasteiger partial charge in [0.1, 0.15) is 12.4 Å². The SMILES string of the molecule is CCC(=O)COc1ccc(-c2cnc(C)c([C@H](OC(C)C)C(=O)O)c2N2CCC(C)(C)CC2)nc1. The van der Waals surface area contributed by atoms with Gasteiger partial charge in [-0.3, -0.25) is 14.8 Å². The summed E-state index contributed by atoms with van der Waals surface area (Å²) in [6.45, 7) is 13.4. The molecule has 0 aliphatic carbocycles. The van der Waals surface area contributed by atoms with E-state index in [-0.39, 0.29) is 23.9 Å². The van der Waals surface area contributed by atoms with E-state index in [1.807, 2.05) is 26.8 Å². The van der Waals surface area contributed by atoms with Crippen LogP contribution >= 0.6 is 0 Å². The monoisotopic (exact) mass is 483 g/mol. The van der Waals surface area contributed by atoms with Crippen LogP contribution < -0.4 is 9.64 Å². The van der Waals surface area contributed by atoms with Crippen molar-refractivity contribution < 1.29 is 24.2 Å². The summed E-state index contributed by atoms with van der Waals surface area (Å²) in [5, 5.41) is 10.1. The van der Waals surface area contributed by atoms with Gasteiger partial charge in [-0.05, 0) is 51.2 Å². The molecule has 35 heavy (non-hydrogen) atoms. The molecular weight excluding hydrogens is 446 g/mol. The zero-order valence-corrected chi connectivity index (χ0v) is 21.6. The van der Waals surface area contributed by atoms with Crippen molar-refractivity contribution in [2.45, 2.75) is 73.0 Å². The van der Waals surface area contributed by atoms with Gasteiger partial charge in [-0.1, -0.05) is 20.8 Å². The molecule has 1 N–H and O–H groups in total. The molecular formula is C27H37N3O5. The second-order valence-corrected chi connectivity index (χ2v) is 10.1. The highest BCUT2D eigenvalue weighted by Gasteiger charge is 2.34. The second-order valence-electron chi connectivity index (χ2n) is 10.1. The van der Waals surface area contributed by atoms with Crippen LogP contribution in [0.5, 0.6) is 5.75 Å². The number of aromatic nitrogens is 2. The number of carboxylic acids is 1. The minimum Gasteiger partial charge on any atom is -0.484 e. The van der Waals surface area contributed by atoms with Crippen LogP contribution in [0.1, 0.15) is 71.2 Å². The Morgan fingerprint density at radius 2 is 1.83 bits per heavy atom. The first kappa shape index (κ1) is 26.6. The van der Waals surface area contributed by atoms with Gasteiger partial charge in [0.05, 0.1) is 23.7 Å². The van der Waals surface area contributed by atoms with Crippen molar-refractivity contribution in [3.63, 3.8) is 0 Å². The number of ketones is 1. The molecule has 0 bridgehead atoms. The van der Waals surface area contributed by atoms with Crippen LogP contribution in [-0.2, 0) is 14.3 Å². The number of aliphatic carboxylic acids is 1. The van der Waals surface area contributed by atoms with Gasteiger partial charge in [0, 0.05) is 42.5 Å². The number of carbonyl (C=O) groups excluding carboxylic acids is 1. The molecule has 2 aromatic rings.